The van der Waals surface area contributed by atoms with Crippen LogP contribution in [0.15, 0.2) is 12.3 Å². The van der Waals surface area contributed by atoms with Crippen LogP contribution in [0.3, 0.4) is 0 Å². The molecule has 7 heteroatoms. The molecule has 1 atom stereocenters. The molecule has 0 aromatic carbocycles. The average molecular weight is 281 g/mol. The fourth-order valence-corrected chi connectivity index (χ4v) is 0.911. The minimum absolute atomic E-state index is 0.0451. The number of hydrogen-bond donors (Lipinski definition) is 4. The van der Waals surface area contributed by atoms with E-state index in [9.17, 15) is 5.11 Å². The molecule has 0 aliphatic carbocycles. The highest BCUT2D eigenvalue weighted by molar-refractivity contribution is 4.69. The van der Waals surface area contributed by atoms with Crippen molar-refractivity contribution in [3.8, 4) is 0 Å². The monoisotopic (exact) mass is 281 g/mol. The molecule has 1 aliphatic rings. The van der Waals surface area contributed by atoms with Crippen molar-refractivity contribution >= 4 is 0 Å². The molecule has 1 saturated heterocycles. The van der Waals surface area contributed by atoms with E-state index in [-0.39, 0.29) is 31.7 Å². The van der Waals surface area contributed by atoms with Gasteiger partial charge in [-0.1, -0.05) is 6.92 Å². The molecule has 0 aromatic rings. The van der Waals surface area contributed by atoms with Crippen molar-refractivity contribution in [2.24, 2.45) is 0 Å². The first-order valence-corrected chi connectivity index (χ1v) is 5.83. The molecule has 0 radical (unpaired) electrons. The highest BCUT2D eigenvalue weighted by Gasteiger charge is 2.31. The number of rotatable bonds is 3. The third-order valence-electron chi connectivity index (χ3n) is 1.69. The molecular formula is C12H25O7-. The molecule has 1 fully saturated rings. The lowest BCUT2D eigenvalue weighted by atomic mass is 10.4. The van der Waals surface area contributed by atoms with Gasteiger partial charge in [-0.15, -0.1) is 12.3 Å². The van der Waals surface area contributed by atoms with Crippen LogP contribution < -0.4 is 5.11 Å². The van der Waals surface area contributed by atoms with Gasteiger partial charge in [0, 0.05) is 0 Å². The van der Waals surface area contributed by atoms with Crippen LogP contribution in [-0.2, 0) is 9.47 Å². The quantitative estimate of drug-likeness (QED) is 0.457. The van der Waals surface area contributed by atoms with Crippen LogP contribution in [0, 0.1) is 0 Å². The number of allylic oxidation sites excluding steroid dienone is 1. The molecule has 1 unspecified atom stereocenters. The Morgan fingerprint density at radius 3 is 1.89 bits per heavy atom. The molecule has 0 spiro atoms. The Balaban J connectivity index is 0. The highest BCUT2D eigenvalue weighted by atomic mass is 16.7. The third-order valence-corrected chi connectivity index (χ3v) is 1.69. The zero-order valence-electron chi connectivity index (χ0n) is 11.7. The van der Waals surface area contributed by atoms with Gasteiger partial charge in [-0.3, -0.25) is 0 Å². The summed E-state index contributed by atoms with van der Waals surface area (Å²) in [6.45, 7) is 7.91. The van der Waals surface area contributed by atoms with Crippen molar-refractivity contribution in [2.45, 2.75) is 38.8 Å². The summed E-state index contributed by atoms with van der Waals surface area (Å²) in [6, 6.07) is 0. The van der Waals surface area contributed by atoms with Gasteiger partial charge in [-0.2, -0.15) is 0 Å². The molecule has 0 aromatic heterocycles. The van der Waals surface area contributed by atoms with Gasteiger partial charge in [0.15, 0.2) is 5.79 Å². The maximum absolute atomic E-state index is 9.33. The standard InChI is InChI=1S/C6H12O3.C3H8O3.C3H6O/c1-6(2)8-4-5(3-7)9-6;4-1-3(6)2-5;1-3(2)4/h5,7H,3-4H2,1-2H3;3-6H,1-2H2;4H,1H2,2H3/p-1. The summed E-state index contributed by atoms with van der Waals surface area (Å²) in [5, 5.41) is 41.9. The average Bonchev–Trinajstić information content (AvgIpc) is 2.68. The van der Waals surface area contributed by atoms with E-state index in [4.69, 9.17) is 29.9 Å². The van der Waals surface area contributed by atoms with Crippen molar-refractivity contribution in [1.29, 1.82) is 0 Å². The summed E-state index contributed by atoms with van der Waals surface area (Å²) in [5.41, 5.74) is 0. The van der Waals surface area contributed by atoms with Crippen molar-refractivity contribution < 1.29 is 35.0 Å². The molecule has 19 heavy (non-hydrogen) atoms. The van der Waals surface area contributed by atoms with Crippen LogP contribution in [0.1, 0.15) is 20.8 Å². The van der Waals surface area contributed by atoms with Gasteiger partial charge in [0.2, 0.25) is 0 Å². The second-order valence-electron chi connectivity index (χ2n) is 4.35. The second-order valence-corrected chi connectivity index (χ2v) is 4.35. The van der Waals surface area contributed by atoms with Crippen LogP contribution in [0.4, 0.5) is 0 Å². The SMILES string of the molecule is C=C(C)[O-].CC1(C)OCC(CO)O1.OCC(O)CO. The molecular weight excluding hydrogens is 256 g/mol. The van der Waals surface area contributed by atoms with Gasteiger partial charge in [-0.25, -0.2) is 0 Å². The zero-order chi connectivity index (χ0) is 15.5. The van der Waals surface area contributed by atoms with Crippen LogP contribution in [0.25, 0.3) is 0 Å². The lowest BCUT2D eigenvalue weighted by Gasteiger charge is -2.15. The summed E-state index contributed by atoms with van der Waals surface area (Å²) in [4.78, 5) is 0. The first kappa shape index (κ1) is 20.6. The molecule has 1 aliphatic heterocycles. The number of aliphatic hydroxyl groups is 4. The summed E-state index contributed by atoms with van der Waals surface area (Å²) in [7, 11) is 0. The largest absolute Gasteiger partial charge is 0.876 e. The minimum atomic E-state index is -0.954. The first-order valence-electron chi connectivity index (χ1n) is 5.83. The van der Waals surface area contributed by atoms with Gasteiger partial charge < -0.3 is 35.0 Å². The van der Waals surface area contributed by atoms with E-state index >= 15 is 0 Å². The lowest BCUT2D eigenvalue weighted by molar-refractivity contribution is -0.300. The van der Waals surface area contributed by atoms with Crippen LogP contribution >= 0.6 is 0 Å². The number of ether oxygens (including phenoxy) is 2. The normalized spacial score (nSPS) is 20.1. The van der Waals surface area contributed by atoms with Crippen molar-refractivity contribution in [2.75, 3.05) is 26.4 Å². The third kappa shape index (κ3) is 15.2. The molecule has 7 nitrogen and oxygen atoms in total. The zero-order valence-corrected chi connectivity index (χ0v) is 11.7. The van der Waals surface area contributed by atoms with E-state index in [1.165, 1.54) is 6.92 Å². The fourth-order valence-electron chi connectivity index (χ4n) is 0.911. The van der Waals surface area contributed by atoms with E-state index in [0.29, 0.717) is 6.61 Å². The van der Waals surface area contributed by atoms with Gasteiger partial charge in [0.1, 0.15) is 12.2 Å². The van der Waals surface area contributed by atoms with Crippen LogP contribution in [-0.4, -0.2) is 64.8 Å². The van der Waals surface area contributed by atoms with Gasteiger partial charge in [-0.05, 0) is 13.8 Å². The Morgan fingerprint density at radius 2 is 1.79 bits per heavy atom. The predicted octanol–water partition coefficient (Wildman–Crippen LogP) is -1.66. The predicted molar refractivity (Wildman–Crippen MR) is 67.0 cm³/mol. The Labute approximate surface area is 113 Å². The van der Waals surface area contributed by atoms with Crippen LogP contribution in [0.2, 0.25) is 0 Å². The van der Waals surface area contributed by atoms with E-state index in [0.717, 1.165) is 0 Å². The van der Waals surface area contributed by atoms with E-state index in [2.05, 4.69) is 6.58 Å². The second kappa shape index (κ2) is 11.2. The maximum atomic E-state index is 9.33. The Kier molecular flexibility index (Phi) is 12.1. The Hall–Kier alpha value is -0.700. The summed E-state index contributed by atoms with van der Waals surface area (Å²) in [6.07, 6.45) is -1.08. The van der Waals surface area contributed by atoms with Crippen LogP contribution in [0.5, 0.6) is 0 Å². The van der Waals surface area contributed by atoms with Gasteiger partial charge in [0.25, 0.3) is 0 Å². The summed E-state index contributed by atoms with van der Waals surface area (Å²) < 4.78 is 10.4. The first-order chi connectivity index (χ1) is 8.68. The highest BCUT2D eigenvalue weighted by Crippen LogP contribution is 2.21. The topological polar surface area (TPSA) is 122 Å². The van der Waals surface area contributed by atoms with Crippen molar-refractivity contribution in [3.05, 3.63) is 12.3 Å². The number of hydrogen-bond acceptors (Lipinski definition) is 7. The van der Waals surface area contributed by atoms with E-state index in [1.54, 1.807) is 0 Å². The van der Waals surface area contributed by atoms with Gasteiger partial charge >= 0.3 is 0 Å². The number of aliphatic hydroxyl groups excluding tert-OH is 4. The lowest BCUT2D eigenvalue weighted by Crippen LogP contribution is -2.22. The summed E-state index contributed by atoms with van der Waals surface area (Å²) >= 11 is 0. The molecule has 0 amide bonds. The molecule has 1 heterocycles. The van der Waals surface area contributed by atoms with Crippen molar-refractivity contribution in [3.63, 3.8) is 0 Å². The summed E-state index contributed by atoms with van der Waals surface area (Å²) in [5.74, 6) is -0.576. The molecule has 1 rings (SSSR count). The minimum Gasteiger partial charge on any atom is -0.876 e. The van der Waals surface area contributed by atoms with E-state index in [1.807, 2.05) is 13.8 Å². The van der Waals surface area contributed by atoms with Gasteiger partial charge in [0.05, 0.1) is 26.4 Å². The molecule has 116 valence electrons. The Morgan fingerprint density at radius 1 is 1.37 bits per heavy atom. The smallest absolute Gasteiger partial charge is 0.163 e. The molecule has 4 N–H and O–H groups in total. The maximum Gasteiger partial charge on any atom is 0.163 e. The van der Waals surface area contributed by atoms with E-state index < -0.39 is 11.9 Å². The molecule has 0 bridgehead atoms. The van der Waals surface area contributed by atoms with Crippen molar-refractivity contribution in [1.82, 2.24) is 0 Å². The fraction of sp³-hybridized carbons (Fsp3) is 0.833. The molecule has 0 saturated carbocycles. The Bertz CT molecular complexity index is 222.